The number of aliphatic hydroxyl groups excluding tert-OH is 1. The lowest BCUT2D eigenvalue weighted by Crippen LogP contribution is -2.38. The molecule has 74 heavy (non-hydrogen) atoms. The van der Waals surface area contributed by atoms with E-state index in [2.05, 4.69) is 36.7 Å². The molecular weight excluding hydrogens is 988 g/mol. The molecule has 0 aliphatic carbocycles. The van der Waals surface area contributed by atoms with E-state index >= 15 is 0 Å². The van der Waals surface area contributed by atoms with Crippen LogP contribution in [0.5, 0.6) is 11.5 Å². The lowest BCUT2D eigenvalue weighted by Gasteiger charge is -2.37. The molecule has 4 heterocycles. The SMILES string of the molecule is [C-]#[N+]CCOP(=O)(OC[C@H]1O[C@@H](n2cc(C#CCNC(=O)COC(C)=O)c(=O)[nH]c2=O)CC1O)OC1C[C@H](n2cc(C)c(=O)[nH]c2=O)O[C@@H]1COC(c1ccccc1)(c1ccc(OC)cc1)c1ccc(OC)cc1. The number of nitrogens with one attached hydrogen (secondary N) is 3. The van der Waals surface area contributed by atoms with Crippen LogP contribution in [0, 0.1) is 25.3 Å². The van der Waals surface area contributed by atoms with Crippen molar-refractivity contribution >= 4 is 19.7 Å². The minimum atomic E-state index is -4.80. The molecule has 0 bridgehead atoms. The first-order valence-electron chi connectivity index (χ1n) is 23.0. The highest BCUT2D eigenvalue weighted by molar-refractivity contribution is 7.48. The quantitative estimate of drug-likeness (QED) is 0.0205. The van der Waals surface area contributed by atoms with Crippen LogP contribution >= 0.6 is 7.82 Å². The van der Waals surface area contributed by atoms with Gasteiger partial charge in [0.25, 0.3) is 17.0 Å². The fraction of sp³-hybridized carbons (Fsp3) is 0.380. The third-order valence-electron chi connectivity index (χ3n) is 11.9. The van der Waals surface area contributed by atoms with E-state index in [1.54, 1.807) is 38.5 Å². The van der Waals surface area contributed by atoms with Gasteiger partial charge >= 0.3 is 25.2 Å². The Morgan fingerprint density at radius 2 is 1.43 bits per heavy atom. The number of ether oxygens (including phenoxy) is 6. The molecule has 2 fully saturated rings. The van der Waals surface area contributed by atoms with Crippen LogP contribution in [-0.2, 0) is 52.3 Å². The molecule has 3 aromatic carbocycles. The second-order valence-electron chi connectivity index (χ2n) is 16.8. The number of amides is 1. The van der Waals surface area contributed by atoms with Crippen molar-refractivity contribution < 1.29 is 61.3 Å². The maximum absolute atomic E-state index is 14.9. The molecule has 4 N–H and O–H groups in total. The molecule has 0 saturated carbocycles. The van der Waals surface area contributed by atoms with Crippen molar-refractivity contribution in [2.45, 2.75) is 69.2 Å². The Hall–Kier alpha value is -7.44. The van der Waals surface area contributed by atoms with Crippen LogP contribution < -0.4 is 37.3 Å². The van der Waals surface area contributed by atoms with E-state index in [-0.39, 0.29) is 43.7 Å². The summed E-state index contributed by atoms with van der Waals surface area (Å²) in [6.07, 6.45) is -5.27. The number of aromatic nitrogens is 4. The van der Waals surface area contributed by atoms with Crippen LogP contribution in [-0.4, -0.2) is 114 Å². The number of rotatable bonds is 21. The fourth-order valence-corrected chi connectivity index (χ4v) is 9.55. The van der Waals surface area contributed by atoms with Crippen LogP contribution in [0.25, 0.3) is 4.85 Å². The highest BCUT2D eigenvalue weighted by Crippen LogP contribution is 2.54. The van der Waals surface area contributed by atoms with Gasteiger partial charge in [-0.25, -0.2) is 20.7 Å². The first-order valence-corrected chi connectivity index (χ1v) is 24.5. The molecule has 2 aliphatic rings. The van der Waals surface area contributed by atoms with Gasteiger partial charge in [0, 0.05) is 37.7 Å². The van der Waals surface area contributed by atoms with Crippen LogP contribution in [0.15, 0.2) is 110 Å². The zero-order valence-electron chi connectivity index (χ0n) is 40.5. The summed E-state index contributed by atoms with van der Waals surface area (Å²) in [5.74, 6) is 5.01. The third-order valence-corrected chi connectivity index (χ3v) is 13.4. The Kier molecular flexibility index (Phi) is 18.0. The van der Waals surface area contributed by atoms with E-state index in [4.69, 9.17) is 43.8 Å². The monoisotopic (exact) mass is 1040 g/mol. The van der Waals surface area contributed by atoms with Crippen molar-refractivity contribution in [1.82, 2.24) is 24.4 Å². The van der Waals surface area contributed by atoms with Gasteiger partial charge in [0.1, 0.15) is 60.0 Å². The van der Waals surface area contributed by atoms with Gasteiger partial charge < -0.3 is 43.7 Å². The fourth-order valence-electron chi connectivity index (χ4n) is 8.17. The van der Waals surface area contributed by atoms with E-state index in [0.29, 0.717) is 28.2 Å². The average Bonchev–Trinajstić information content (AvgIpc) is 3.97. The number of aliphatic hydroxyl groups is 1. The molecule has 23 nitrogen and oxygen atoms in total. The first-order chi connectivity index (χ1) is 35.6. The summed E-state index contributed by atoms with van der Waals surface area (Å²) in [5, 5.41) is 13.6. The van der Waals surface area contributed by atoms with E-state index in [0.717, 1.165) is 17.7 Å². The van der Waals surface area contributed by atoms with Gasteiger partial charge in [-0.2, -0.15) is 0 Å². The molecule has 2 saturated heterocycles. The smallest absolute Gasteiger partial charge is 0.475 e. The second-order valence-corrected chi connectivity index (χ2v) is 18.4. The van der Waals surface area contributed by atoms with Gasteiger partial charge in [-0.3, -0.25) is 51.9 Å². The lowest BCUT2D eigenvalue weighted by molar-refractivity contribution is -0.146. The van der Waals surface area contributed by atoms with Crippen LogP contribution in [0.4, 0.5) is 0 Å². The molecule has 0 radical (unpaired) electrons. The number of carbonyl (C=O) groups is 2. The Morgan fingerprint density at radius 1 is 0.838 bits per heavy atom. The minimum Gasteiger partial charge on any atom is -0.497 e. The molecule has 2 aromatic heterocycles. The van der Waals surface area contributed by atoms with E-state index in [1.165, 1.54) is 17.7 Å². The summed E-state index contributed by atoms with van der Waals surface area (Å²) in [6.45, 7) is 7.61. The standard InChI is InChI=1S/C50H53N6O17P/c1-31-26-55(48(62)53-46(31)60)45-25-40(42(72-45)28-68-50(34-11-7-6-8-12-34,35-13-17-37(65-4)18-14-35)36-15-19-38(66-5)20-16-36)73-74(64,69-23-22-51-3)70-29-41-39(58)24-44(71-41)56-27-33(47(61)54-49(56)63)10-9-21-52-43(59)30-67-32(2)57/h6-8,11-20,26-27,39-42,44-45,58H,21-25,28-30H2,1-2,4-5H3,(H,52,59)(H,53,60,62)(H,54,61,63)/t39?,40?,41-,42-,44-,45-,74?/m1/s1. The summed E-state index contributed by atoms with van der Waals surface area (Å²) in [4.78, 5) is 81.9. The molecule has 1 amide bonds. The number of hydrogen-bond acceptors (Lipinski definition) is 17. The van der Waals surface area contributed by atoms with E-state index < -0.39 is 104 Å². The molecule has 7 atom stereocenters. The molecule has 390 valence electrons. The molecule has 24 heteroatoms. The number of H-pyrrole nitrogens is 2. The van der Waals surface area contributed by atoms with Crippen molar-refractivity contribution in [3.63, 3.8) is 0 Å². The topological polar surface area (TPSA) is 281 Å². The summed E-state index contributed by atoms with van der Waals surface area (Å²) in [6, 6.07) is 23.9. The summed E-state index contributed by atoms with van der Waals surface area (Å²) in [5.41, 5.74) is -2.46. The third kappa shape index (κ3) is 13.0. The Bertz CT molecular complexity index is 3130. The van der Waals surface area contributed by atoms with Crippen molar-refractivity contribution in [1.29, 1.82) is 0 Å². The lowest BCUT2D eigenvalue weighted by atomic mass is 9.80. The van der Waals surface area contributed by atoms with Crippen molar-refractivity contribution in [3.8, 4) is 23.3 Å². The first kappa shape index (κ1) is 54.3. The van der Waals surface area contributed by atoms with Gasteiger partial charge in [0.05, 0.1) is 40.1 Å². The number of methoxy groups -OCH3 is 2. The largest absolute Gasteiger partial charge is 0.497 e. The number of carbonyl (C=O) groups excluding carboxylic acids is 2. The van der Waals surface area contributed by atoms with E-state index in [9.17, 15) is 38.4 Å². The van der Waals surface area contributed by atoms with Gasteiger partial charge in [-0.15, -0.1) is 0 Å². The normalized spacial score (nSPS) is 20.1. The molecule has 5 aromatic rings. The molecule has 0 spiro atoms. The summed E-state index contributed by atoms with van der Waals surface area (Å²) >= 11 is 0. The predicted octanol–water partition coefficient (Wildman–Crippen LogP) is 2.83. The minimum absolute atomic E-state index is 0.173. The highest BCUT2D eigenvalue weighted by atomic mass is 31.2. The molecule has 7 rings (SSSR count). The number of hydrogen-bond donors (Lipinski definition) is 4. The Morgan fingerprint density at radius 3 is 2.05 bits per heavy atom. The summed E-state index contributed by atoms with van der Waals surface area (Å²) in [7, 11) is -1.70. The van der Waals surface area contributed by atoms with Crippen LogP contribution in [0.1, 0.15) is 60.0 Å². The molecule has 2 aliphatic heterocycles. The number of aromatic amines is 2. The van der Waals surface area contributed by atoms with Gasteiger partial charge in [0.2, 0.25) is 6.54 Å². The number of phosphoric acid groups is 1. The van der Waals surface area contributed by atoms with Crippen molar-refractivity contribution in [2.24, 2.45) is 0 Å². The maximum atomic E-state index is 14.9. The molecular formula is C50H53N6O17P. The van der Waals surface area contributed by atoms with Gasteiger partial charge in [-0.05, 0) is 47.9 Å². The zero-order valence-corrected chi connectivity index (χ0v) is 41.4. The van der Waals surface area contributed by atoms with Crippen LogP contribution in [0.2, 0.25) is 0 Å². The number of aryl methyl sites for hydroxylation is 1. The maximum Gasteiger partial charge on any atom is 0.475 e. The number of benzene rings is 3. The number of esters is 1. The van der Waals surface area contributed by atoms with Crippen LogP contribution in [0.3, 0.4) is 0 Å². The molecule has 3 unspecified atom stereocenters. The number of nitrogens with zero attached hydrogens (tertiary/aromatic N) is 3. The van der Waals surface area contributed by atoms with E-state index in [1.807, 2.05) is 54.6 Å². The van der Waals surface area contributed by atoms with Crippen molar-refractivity contribution in [3.05, 3.63) is 172 Å². The highest BCUT2D eigenvalue weighted by Gasteiger charge is 2.47. The van der Waals surface area contributed by atoms with Gasteiger partial charge in [-0.1, -0.05) is 66.4 Å². The Labute approximate surface area is 422 Å². The second kappa shape index (κ2) is 24.5. The summed E-state index contributed by atoms with van der Waals surface area (Å²) < 4.78 is 70.1. The van der Waals surface area contributed by atoms with Gasteiger partial charge in [0.15, 0.2) is 6.61 Å². The zero-order chi connectivity index (χ0) is 53.0. The number of phosphoric ester groups is 1. The predicted molar refractivity (Wildman–Crippen MR) is 261 cm³/mol. The average molecular weight is 1040 g/mol. The Balaban J connectivity index is 1.17. The van der Waals surface area contributed by atoms with Crippen molar-refractivity contribution in [2.75, 3.05) is 53.7 Å².